The summed E-state index contributed by atoms with van der Waals surface area (Å²) in [5.74, 6) is 2.22. The Balaban J connectivity index is 1.51. The van der Waals surface area contributed by atoms with Crippen LogP contribution in [0.2, 0.25) is 0 Å². The zero-order valence-electron chi connectivity index (χ0n) is 15.7. The number of nitrogens with one attached hydrogen (secondary N) is 3. The number of aromatic amines is 2. The first-order chi connectivity index (χ1) is 14.1. The van der Waals surface area contributed by atoms with E-state index in [0.717, 1.165) is 33.7 Å². The van der Waals surface area contributed by atoms with Crippen LogP contribution in [-0.4, -0.2) is 57.3 Å². The average molecular weight is 394 g/mol. The number of H-pyrrole nitrogens is 2. The van der Waals surface area contributed by atoms with E-state index in [9.17, 15) is 0 Å². The minimum atomic E-state index is -0.00381. The second-order valence-corrected chi connectivity index (χ2v) is 6.53. The number of benzene rings is 2. The monoisotopic (exact) mass is 394 g/mol. The van der Waals surface area contributed by atoms with Gasteiger partial charge in [-0.2, -0.15) is 0 Å². The van der Waals surface area contributed by atoms with Crippen LogP contribution in [0.4, 0.5) is 0 Å². The molecule has 0 fully saturated rings. The smallest absolute Gasteiger partial charge is 0.147 e. The van der Waals surface area contributed by atoms with E-state index in [4.69, 9.17) is 25.7 Å². The molecule has 0 saturated heterocycles. The molecule has 0 spiro atoms. The molecule has 0 bridgehead atoms. The van der Waals surface area contributed by atoms with E-state index in [1.54, 1.807) is 12.1 Å². The number of fused-ring (bicyclic) bond motifs is 2. The number of nitrogen functional groups attached to an aromatic ring is 1. The highest BCUT2D eigenvalue weighted by Gasteiger charge is 2.11. The van der Waals surface area contributed by atoms with Gasteiger partial charge in [0.1, 0.15) is 35.4 Å². The molecule has 0 saturated carbocycles. The Morgan fingerprint density at radius 1 is 1.03 bits per heavy atom. The molecular formula is C20H22N6O3. The van der Waals surface area contributed by atoms with Crippen molar-refractivity contribution in [3.63, 3.8) is 0 Å². The minimum Gasteiger partial charge on any atom is -0.489 e. The largest absolute Gasteiger partial charge is 0.489 e. The molecule has 2 heterocycles. The molecule has 29 heavy (non-hydrogen) atoms. The Labute approximate surface area is 166 Å². The van der Waals surface area contributed by atoms with Gasteiger partial charge in [0, 0.05) is 5.56 Å². The van der Waals surface area contributed by atoms with E-state index >= 15 is 0 Å². The van der Waals surface area contributed by atoms with Crippen molar-refractivity contribution in [2.75, 3.05) is 26.4 Å². The molecular weight excluding hydrogens is 372 g/mol. The lowest BCUT2D eigenvalue weighted by atomic mass is 10.2. The van der Waals surface area contributed by atoms with Gasteiger partial charge in [-0.15, -0.1) is 0 Å². The van der Waals surface area contributed by atoms with Gasteiger partial charge in [0.25, 0.3) is 0 Å². The summed E-state index contributed by atoms with van der Waals surface area (Å²) < 4.78 is 11.0. The fourth-order valence-electron chi connectivity index (χ4n) is 3.10. The van der Waals surface area contributed by atoms with Gasteiger partial charge >= 0.3 is 0 Å². The summed E-state index contributed by atoms with van der Waals surface area (Å²) in [4.78, 5) is 15.8. The van der Waals surface area contributed by atoms with Crippen LogP contribution < -0.4 is 10.5 Å². The highest BCUT2D eigenvalue weighted by atomic mass is 16.5. The molecule has 9 heteroatoms. The molecule has 0 aliphatic rings. The van der Waals surface area contributed by atoms with E-state index in [2.05, 4.69) is 19.9 Å². The van der Waals surface area contributed by atoms with Crippen LogP contribution in [0.15, 0.2) is 36.4 Å². The first-order valence-corrected chi connectivity index (χ1v) is 9.26. The molecule has 0 amide bonds. The third-order valence-corrected chi connectivity index (χ3v) is 4.42. The predicted octanol–water partition coefficient (Wildman–Crippen LogP) is 1.70. The SMILES string of the molecule is N=C(N)c1ccc2[nH]c(Cc3nc4c(OCCOCCO)cccc4[nH]3)nc2c1. The highest BCUT2D eigenvalue weighted by molar-refractivity contribution is 5.97. The Bertz CT molecular complexity index is 1150. The van der Waals surface area contributed by atoms with Crippen LogP contribution in [-0.2, 0) is 11.2 Å². The van der Waals surface area contributed by atoms with Gasteiger partial charge < -0.3 is 30.3 Å². The molecule has 0 radical (unpaired) electrons. The minimum absolute atomic E-state index is 0.00381. The molecule has 4 rings (SSSR count). The standard InChI is InChI=1S/C20H22N6O3/c21-20(22)12-4-5-13-15(10-12)25-17(23-13)11-18-24-14-2-1-3-16(19(14)26-18)29-9-8-28-7-6-27/h1-5,10,27H,6-9,11H2,(H3,21,22)(H,23,25)(H,24,26). The van der Waals surface area contributed by atoms with Crippen molar-refractivity contribution < 1.29 is 14.6 Å². The van der Waals surface area contributed by atoms with Crippen LogP contribution in [0.1, 0.15) is 17.2 Å². The number of aliphatic hydroxyl groups excluding tert-OH is 1. The van der Waals surface area contributed by atoms with E-state index in [1.165, 1.54) is 0 Å². The molecule has 0 unspecified atom stereocenters. The summed E-state index contributed by atoms with van der Waals surface area (Å²) in [5, 5.41) is 16.3. The Morgan fingerprint density at radius 2 is 1.86 bits per heavy atom. The van der Waals surface area contributed by atoms with Crippen LogP contribution in [0, 0.1) is 5.41 Å². The van der Waals surface area contributed by atoms with Gasteiger partial charge in [-0.05, 0) is 30.3 Å². The number of nitrogens with two attached hydrogens (primary N) is 1. The highest BCUT2D eigenvalue weighted by Crippen LogP contribution is 2.24. The van der Waals surface area contributed by atoms with Crippen LogP contribution >= 0.6 is 0 Å². The lowest BCUT2D eigenvalue weighted by molar-refractivity contribution is 0.0708. The van der Waals surface area contributed by atoms with Crippen molar-refractivity contribution in [1.29, 1.82) is 5.41 Å². The average Bonchev–Trinajstić information content (AvgIpc) is 3.30. The summed E-state index contributed by atoms with van der Waals surface area (Å²) in [5.41, 5.74) is 9.46. The molecule has 4 aromatic rings. The topological polar surface area (TPSA) is 146 Å². The number of aliphatic hydroxyl groups is 1. The third kappa shape index (κ3) is 4.20. The number of nitrogens with zero attached hydrogens (tertiary/aromatic N) is 2. The van der Waals surface area contributed by atoms with Gasteiger partial charge in [0.05, 0.1) is 42.8 Å². The van der Waals surface area contributed by atoms with Crippen LogP contribution in [0.5, 0.6) is 5.75 Å². The third-order valence-electron chi connectivity index (χ3n) is 4.42. The molecule has 2 aromatic heterocycles. The van der Waals surface area contributed by atoms with E-state index in [-0.39, 0.29) is 12.4 Å². The maximum atomic E-state index is 8.73. The van der Waals surface area contributed by atoms with Gasteiger partial charge in [-0.1, -0.05) is 6.07 Å². The van der Waals surface area contributed by atoms with Crippen LogP contribution in [0.3, 0.4) is 0 Å². The lowest BCUT2D eigenvalue weighted by Gasteiger charge is -2.06. The number of hydrogen-bond acceptors (Lipinski definition) is 6. The number of hydrogen-bond donors (Lipinski definition) is 5. The van der Waals surface area contributed by atoms with Crippen molar-refractivity contribution in [3.8, 4) is 5.75 Å². The molecule has 9 nitrogen and oxygen atoms in total. The second kappa shape index (κ2) is 8.29. The van der Waals surface area contributed by atoms with Gasteiger partial charge in [-0.25, -0.2) is 9.97 Å². The first kappa shape index (κ1) is 18.9. The summed E-state index contributed by atoms with van der Waals surface area (Å²) in [6, 6.07) is 11.2. The van der Waals surface area contributed by atoms with Crippen molar-refractivity contribution in [2.45, 2.75) is 6.42 Å². The summed E-state index contributed by atoms with van der Waals surface area (Å²) in [6.07, 6.45) is 0.498. The number of ether oxygens (including phenoxy) is 2. The zero-order chi connectivity index (χ0) is 20.2. The molecule has 2 aromatic carbocycles. The van der Waals surface area contributed by atoms with Crippen molar-refractivity contribution in [3.05, 3.63) is 53.6 Å². The summed E-state index contributed by atoms with van der Waals surface area (Å²) in [7, 11) is 0. The van der Waals surface area contributed by atoms with Gasteiger partial charge in [0.15, 0.2) is 0 Å². The van der Waals surface area contributed by atoms with Crippen molar-refractivity contribution >= 4 is 27.9 Å². The summed E-state index contributed by atoms with van der Waals surface area (Å²) in [6.45, 7) is 1.07. The fourth-order valence-corrected chi connectivity index (χ4v) is 3.10. The van der Waals surface area contributed by atoms with E-state index < -0.39 is 0 Å². The van der Waals surface area contributed by atoms with Crippen molar-refractivity contribution in [1.82, 2.24) is 19.9 Å². The molecule has 0 aliphatic heterocycles. The zero-order valence-corrected chi connectivity index (χ0v) is 15.7. The molecule has 6 N–H and O–H groups in total. The van der Waals surface area contributed by atoms with E-state index in [0.29, 0.717) is 37.6 Å². The maximum absolute atomic E-state index is 8.73. The second-order valence-electron chi connectivity index (χ2n) is 6.53. The fraction of sp³-hybridized carbons (Fsp3) is 0.250. The van der Waals surface area contributed by atoms with Crippen LogP contribution in [0.25, 0.3) is 22.1 Å². The number of amidine groups is 1. The normalized spacial score (nSPS) is 11.3. The van der Waals surface area contributed by atoms with Crippen molar-refractivity contribution in [2.24, 2.45) is 5.73 Å². The summed E-state index contributed by atoms with van der Waals surface area (Å²) >= 11 is 0. The number of para-hydroxylation sites is 1. The number of rotatable bonds is 9. The lowest BCUT2D eigenvalue weighted by Crippen LogP contribution is -2.10. The number of imidazole rings is 2. The molecule has 150 valence electrons. The predicted molar refractivity (Wildman–Crippen MR) is 109 cm³/mol. The molecule has 0 aliphatic carbocycles. The van der Waals surface area contributed by atoms with E-state index in [1.807, 2.05) is 24.3 Å². The Kier molecular flexibility index (Phi) is 5.41. The molecule has 0 atom stereocenters. The number of aromatic nitrogens is 4. The first-order valence-electron chi connectivity index (χ1n) is 9.26. The maximum Gasteiger partial charge on any atom is 0.147 e. The Hall–Kier alpha value is -3.43. The van der Waals surface area contributed by atoms with Gasteiger partial charge in [0.2, 0.25) is 0 Å². The Morgan fingerprint density at radius 3 is 2.69 bits per heavy atom. The van der Waals surface area contributed by atoms with Gasteiger partial charge in [-0.3, -0.25) is 5.41 Å². The quantitative estimate of drug-likeness (QED) is 0.166.